The molecular weight excluding hydrogens is 385 g/mol. The lowest BCUT2D eigenvalue weighted by Gasteiger charge is -2.24. The average molecular weight is 406 g/mol. The largest absolute Gasteiger partial charge is 0.573 e. The van der Waals surface area contributed by atoms with Gasteiger partial charge in [0.15, 0.2) is 5.65 Å². The molecule has 0 bridgehead atoms. The van der Waals surface area contributed by atoms with Crippen molar-refractivity contribution in [3.8, 4) is 5.75 Å². The van der Waals surface area contributed by atoms with Gasteiger partial charge in [-0.15, -0.1) is 18.3 Å². The van der Waals surface area contributed by atoms with Gasteiger partial charge < -0.3 is 21.5 Å². The van der Waals surface area contributed by atoms with E-state index < -0.39 is 6.36 Å². The van der Waals surface area contributed by atoms with Gasteiger partial charge in [0.05, 0.1) is 17.6 Å². The van der Waals surface area contributed by atoms with Crippen LogP contribution in [0.5, 0.6) is 5.75 Å². The number of nitrogens with one attached hydrogen (secondary N) is 1. The summed E-state index contributed by atoms with van der Waals surface area (Å²) in [7, 11) is 0. The number of nitrogens with zero attached hydrogens (tertiary/aromatic N) is 3. The van der Waals surface area contributed by atoms with E-state index in [1.54, 1.807) is 16.6 Å². The first-order valence-corrected chi connectivity index (χ1v) is 9.31. The smallest absolute Gasteiger partial charge is 0.406 e. The summed E-state index contributed by atoms with van der Waals surface area (Å²) in [5.41, 5.74) is 14.3. The summed E-state index contributed by atoms with van der Waals surface area (Å²) in [6.45, 7) is 0. The number of nitrogen functional groups attached to an aromatic ring is 1. The van der Waals surface area contributed by atoms with Gasteiger partial charge in [0.25, 0.3) is 0 Å². The van der Waals surface area contributed by atoms with Crippen LogP contribution in [0, 0.1) is 0 Å². The predicted octanol–water partition coefficient (Wildman–Crippen LogP) is 3.94. The zero-order chi connectivity index (χ0) is 20.6. The fraction of sp³-hybridized carbons (Fsp3) is 0.368. The van der Waals surface area contributed by atoms with E-state index in [1.165, 1.54) is 18.2 Å². The fourth-order valence-corrected chi connectivity index (χ4v) is 3.64. The predicted molar refractivity (Wildman–Crippen MR) is 103 cm³/mol. The van der Waals surface area contributed by atoms with Crippen LogP contribution in [0.1, 0.15) is 37.3 Å². The summed E-state index contributed by atoms with van der Waals surface area (Å²) in [4.78, 5) is 4.71. The third kappa shape index (κ3) is 4.53. The summed E-state index contributed by atoms with van der Waals surface area (Å²) in [5, 5.41) is 7.33. The van der Waals surface area contributed by atoms with Crippen LogP contribution in [0.4, 0.5) is 30.4 Å². The van der Waals surface area contributed by atoms with Crippen molar-refractivity contribution in [1.29, 1.82) is 0 Å². The number of anilines is 3. The lowest BCUT2D eigenvalue weighted by Crippen LogP contribution is -2.25. The maximum Gasteiger partial charge on any atom is 0.573 e. The third-order valence-corrected chi connectivity index (χ3v) is 5.00. The molecule has 0 unspecified atom stereocenters. The van der Waals surface area contributed by atoms with E-state index >= 15 is 0 Å². The molecule has 1 fully saturated rings. The third-order valence-electron chi connectivity index (χ3n) is 5.00. The Morgan fingerprint density at radius 3 is 2.62 bits per heavy atom. The average Bonchev–Trinajstić information content (AvgIpc) is 3.05. The topological polar surface area (TPSA) is 103 Å². The van der Waals surface area contributed by atoms with Crippen LogP contribution in [0.25, 0.3) is 5.65 Å². The molecule has 0 aliphatic heterocycles. The minimum atomic E-state index is -4.76. The Hall–Kier alpha value is -3.01. The molecule has 10 heteroatoms. The number of imidazole rings is 1. The molecular formula is C19H21F3N6O. The molecule has 1 aromatic carbocycles. The first-order valence-electron chi connectivity index (χ1n) is 9.31. The molecule has 2 aromatic heterocycles. The van der Waals surface area contributed by atoms with Crippen molar-refractivity contribution in [1.82, 2.24) is 14.6 Å². The lowest BCUT2D eigenvalue weighted by atomic mass is 9.85. The van der Waals surface area contributed by atoms with Gasteiger partial charge in [-0.25, -0.2) is 9.50 Å². The highest BCUT2D eigenvalue weighted by atomic mass is 19.4. The molecule has 3 aromatic rings. The molecule has 0 saturated heterocycles. The van der Waals surface area contributed by atoms with E-state index in [4.69, 9.17) is 16.5 Å². The van der Waals surface area contributed by atoms with Gasteiger partial charge in [0, 0.05) is 29.8 Å². The second-order valence-electron chi connectivity index (χ2n) is 7.23. The molecule has 5 N–H and O–H groups in total. The molecule has 1 aliphatic rings. The molecule has 0 amide bonds. The van der Waals surface area contributed by atoms with E-state index in [9.17, 15) is 13.2 Å². The number of fused-ring (bicyclic) bond motifs is 1. The Bertz CT molecular complexity index is 1010. The molecule has 0 radical (unpaired) electrons. The Morgan fingerprint density at radius 2 is 1.90 bits per heavy atom. The van der Waals surface area contributed by atoms with Crippen LogP contribution in [-0.2, 0) is 0 Å². The van der Waals surface area contributed by atoms with Gasteiger partial charge in [0.1, 0.15) is 11.6 Å². The molecule has 4 rings (SSSR count). The van der Waals surface area contributed by atoms with Crippen LogP contribution in [0.3, 0.4) is 0 Å². The molecule has 1 saturated carbocycles. The number of aromatic nitrogens is 3. The van der Waals surface area contributed by atoms with Gasteiger partial charge in [-0.3, -0.25) is 0 Å². The Balaban J connectivity index is 1.63. The summed E-state index contributed by atoms with van der Waals surface area (Å²) >= 11 is 0. The second kappa shape index (κ2) is 7.43. The summed E-state index contributed by atoms with van der Waals surface area (Å²) in [6.07, 6.45) is 0.908. The van der Waals surface area contributed by atoms with Crippen LogP contribution in [0.15, 0.2) is 36.5 Å². The van der Waals surface area contributed by atoms with Crippen LogP contribution >= 0.6 is 0 Å². The van der Waals surface area contributed by atoms with Crippen molar-refractivity contribution in [2.24, 2.45) is 5.73 Å². The molecule has 29 heavy (non-hydrogen) atoms. The number of rotatable bonds is 4. The van der Waals surface area contributed by atoms with Crippen LogP contribution in [0.2, 0.25) is 0 Å². The molecule has 0 atom stereocenters. The Labute approximate surface area is 164 Å². The van der Waals surface area contributed by atoms with Crippen molar-refractivity contribution in [2.45, 2.75) is 44.0 Å². The molecule has 1 aliphatic carbocycles. The number of nitrogens with two attached hydrogens (primary N) is 2. The Morgan fingerprint density at radius 1 is 1.14 bits per heavy atom. The van der Waals surface area contributed by atoms with Gasteiger partial charge in [0.2, 0.25) is 0 Å². The van der Waals surface area contributed by atoms with Crippen LogP contribution in [-0.4, -0.2) is 27.0 Å². The highest BCUT2D eigenvalue weighted by Crippen LogP contribution is 2.33. The minimum Gasteiger partial charge on any atom is -0.406 e. The fourth-order valence-electron chi connectivity index (χ4n) is 3.64. The van der Waals surface area contributed by atoms with E-state index in [-0.39, 0.29) is 17.6 Å². The number of benzene rings is 1. The summed E-state index contributed by atoms with van der Waals surface area (Å²) in [5.74, 6) is 0.245. The molecule has 2 heterocycles. The first kappa shape index (κ1) is 19.3. The van der Waals surface area contributed by atoms with E-state index in [2.05, 4.69) is 15.2 Å². The maximum atomic E-state index is 12.5. The number of hydrogen-bond donors (Lipinski definition) is 3. The van der Waals surface area contributed by atoms with E-state index in [1.807, 2.05) is 6.20 Å². The molecule has 0 spiro atoms. The van der Waals surface area contributed by atoms with Gasteiger partial charge in [-0.2, -0.15) is 0 Å². The van der Waals surface area contributed by atoms with Crippen molar-refractivity contribution in [3.05, 3.63) is 42.2 Å². The first-order chi connectivity index (χ1) is 13.8. The minimum absolute atomic E-state index is 0.237. The summed E-state index contributed by atoms with van der Waals surface area (Å²) < 4.78 is 43.0. The standard InChI is InChI=1S/C19H21F3N6O/c20-19(21,22)29-14-3-1-2-13(8-14)25-15-9-17(24)27-28-10-16(26-18(15)28)11-4-6-12(23)7-5-11/h1-3,8-12,25H,4-7,23H2,(H2,24,27). The lowest BCUT2D eigenvalue weighted by molar-refractivity contribution is -0.274. The maximum absolute atomic E-state index is 12.5. The van der Waals surface area contributed by atoms with Crippen molar-refractivity contribution < 1.29 is 17.9 Å². The molecule has 7 nitrogen and oxygen atoms in total. The van der Waals surface area contributed by atoms with Gasteiger partial charge in [-0.1, -0.05) is 6.07 Å². The Kier molecular flexibility index (Phi) is 4.95. The summed E-state index contributed by atoms with van der Waals surface area (Å²) in [6, 6.07) is 7.42. The monoisotopic (exact) mass is 406 g/mol. The zero-order valence-corrected chi connectivity index (χ0v) is 15.5. The van der Waals surface area contributed by atoms with Gasteiger partial charge >= 0.3 is 6.36 Å². The van der Waals surface area contributed by atoms with Crippen molar-refractivity contribution in [2.75, 3.05) is 11.1 Å². The number of hydrogen-bond acceptors (Lipinski definition) is 6. The zero-order valence-electron chi connectivity index (χ0n) is 15.5. The highest BCUT2D eigenvalue weighted by molar-refractivity contribution is 5.76. The second-order valence-corrected chi connectivity index (χ2v) is 7.23. The van der Waals surface area contributed by atoms with Crippen molar-refractivity contribution in [3.63, 3.8) is 0 Å². The highest BCUT2D eigenvalue weighted by Gasteiger charge is 2.31. The normalized spacial score (nSPS) is 20.0. The number of halogens is 3. The van der Waals surface area contributed by atoms with Crippen molar-refractivity contribution >= 4 is 22.8 Å². The van der Waals surface area contributed by atoms with Crippen LogP contribution < -0.4 is 21.5 Å². The molecule has 154 valence electrons. The van der Waals surface area contributed by atoms with Gasteiger partial charge in [-0.05, 0) is 37.8 Å². The number of ether oxygens (including phenoxy) is 1. The number of alkyl halides is 3. The quantitative estimate of drug-likeness (QED) is 0.606. The van der Waals surface area contributed by atoms with E-state index in [0.29, 0.717) is 22.9 Å². The SMILES string of the molecule is Nc1cc(Nc2cccc(OC(F)(F)F)c2)c2nc(C3CCC(N)CC3)cn2n1. The van der Waals surface area contributed by atoms with E-state index in [0.717, 1.165) is 31.4 Å².